The fraction of sp³-hybridized carbons (Fsp3) is 0.909. The van der Waals surface area contributed by atoms with E-state index >= 15 is 0 Å². The number of nitrogens with two attached hydrogens (primary N) is 1. The van der Waals surface area contributed by atoms with Gasteiger partial charge in [-0.3, -0.25) is 4.79 Å². The van der Waals surface area contributed by atoms with Crippen LogP contribution in [-0.2, 0) is 4.79 Å². The summed E-state index contributed by atoms with van der Waals surface area (Å²) >= 11 is 0. The molecule has 15 heavy (non-hydrogen) atoms. The van der Waals surface area contributed by atoms with Crippen molar-refractivity contribution in [2.45, 2.75) is 33.1 Å². The third-order valence-electron chi connectivity index (χ3n) is 2.50. The van der Waals surface area contributed by atoms with Crippen LogP contribution in [0.4, 0.5) is 0 Å². The number of nitrogens with one attached hydrogen (secondary N) is 1. The van der Waals surface area contributed by atoms with Gasteiger partial charge < -0.3 is 16.0 Å². The molecule has 0 aromatic carbocycles. The number of unbranched alkanes of at least 4 members (excludes halogenated alkanes) is 1. The normalized spacial score (nSPS) is 10.7. The molecular formula is C11H25N3O. The van der Waals surface area contributed by atoms with Gasteiger partial charge in [-0.1, -0.05) is 13.8 Å². The Hall–Kier alpha value is -0.610. The summed E-state index contributed by atoms with van der Waals surface area (Å²) in [6, 6.07) is 0. The first-order valence-corrected chi connectivity index (χ1v) is 5.93. The predicted molar refractivity (Wildman–Crippen MR) is 63.7 cm³/mol. The molecule has 0 fully saturated rings. The molecule has 4 nitrogen and oxygen atoms in total. The van der Waals surface area contributed by atoms with E-state index in [2.05, 4.69) is 24.1 Å². The SMILES string of the molecule is CCN(CC)CCNC(=O)CCCCN. The number of hydrogen-bond acceptors (Lipinski definition) is 3. The highest BCUT2D eigenvalue weighted by Gasteiger charge is 2.02. The zero-order valence-corrected chi connectivity index (χ0v) is 10.1. The molecule has 0 saturated heterocycles. The minimum Gasteiger partial charge on any atom is -0.355 e. The highest BCUT2D eigenvalue weighted by molar-refractivity contribution is 5.75. The quantitative estimate of drug-likeness (QED) is 0.553. The van der Waals surface area contributed by atoms with E-state index in [1.54, 1.807) is 0 Å². The zero-order chi connectivity index (χ0) is 11.5. The summed E-state index contributed by atoms with van der Waals surface area (Å²) in [4.78, 5) is 13.6. The summed E-state index contributed by atoms with van der Waals surface area (Å²) < 4.78 is 0. The molecule has 0 aliphatic carbocycles. The summed E-state index contributed by atoms with van der Waals surface area (Å²) in [6.45, 7) is 8.71. The van der Waals surface area contributed by atoms with Crippen molar-refractivity contribution in [3.8, 4) is 0 Å². The summed E-state index contributed by atoms with van der Waals surface area (Å²) in [5.74, 6) is 0.149. The first kappa shape index (κ1) is 14.4. The number of rotatable bonds is 9. The Labute approximate surface area is 93.2 Å². The van der Waals surface area contributed by atoms with Crippen molar-refractivity contribution in [2.24, 2.45) is 5.73 Å². The summed E-state index contributed by atoms with van der Waals surface area (Å²) in [5.41, 5.74) is 5.35. The lowest BCUT2D eigenvalue weighted by atomic mass is 10.2. The Morgan fingerprint density at radius 1 is 1.27 bits per heavy atom. The lowest BCUT2D eigenvalue weighted by Crippen LogP contribution is -2.34. The first-order valence-electron chi connectivity index (χ1n) is 5.93. The third-order valence-corrected chi connectivity index (χ3v) is 2.50. The molecule has 0 aliphatic rings. The molecule has 4 heteroatoms. The average molecular weight is 215 g/mol. The second-order valence-corrected chi connectivity index (χ2v) is 3.62. The van der Waals surface area contributed by atoms with Crippen molar-refractivity contribution in [3.63, 3.8) is 0 Å². The van der Waals surface area contributed by atoms with Crippen LogP contribution in [0.5, 0.6) is 0 Å². The van der Waals surface area contributed by atoms with Gasteiger partial charge in [0, 0.05) is 19.5 Å². The van der Waals surface area contributed by atoms with Crippen molar-refractivity contribution >= 4 is 5.91 Å². The Bertz CT molecular complexity index is 158. The first-order chi connectivity index (χ1) is 7.24. The van der Waals surface area contributed by atoms with Crippen molar-refractivity contribution < 1.29 is 4.79 Å². The fourth-order valence-electron chi connectivity index (χ4n) is 1.41. The topological polar surface area (TPSA) is 58.4 Å². The van der Waals surface area contributed by atoms with E-state index in [-0.39, 0.29) is 5.91 Å². The molecule has 1 amide bonds. The van der Waals surface area contributed by atoms with Crippen LogP contribution in [-0.4, -0.2) is 43.5 Å². The van der Waals surface area contributed by atoms with E-state index in [1.807, 2.05) is 0 Å². The van der Waals surface area contributed by atoms with Gasteiger partial charge in [0.25, 0.3) is 0 Å². The predicted octanol–water partition coefficient (Wildman–Crippen LogP) is 0.573. The zero-order valence-electron chi connectivity index (χ0n) is 10.1. The van der Waals surface area contributed by atoms with Crippen LogP contribution < -0.4 is 11.1 Å². The van der Waals surface area contributed by atoms with E-state index in [9.17, 15) is 4.79 Å². The summed E-state index contributed by atoms with van der Waals surface area (Å²) in [7, 11) is 0. The molecule has 0 saturated carbocycles. The highest BCUT2D eigenvalue weighted by atomic mass is 16.1. The summed E-state index contributed by atoms with van der Waals surface area (Å²) in [5, 5.41) is 2.92. The Morgan fingerprint density at radius 3 is 2.47 bits per heavy atom. The molecule has 90 valence electrons. The maximum absolute atomic E-state index is 11.3. The Morgan fingerprint density at radius 2 is 1.93 bits per heavy atom. The standard InChI is InChI=1S/C11H25N3O/c1-3-14(4-2)10-9-13-11(15)7-5-6-8-12/h3-10,12H2,1-2H3,(H,13,15). The van der Waals surface area contributed by atoms with Crippen molar-refractivity contribution in [3.05, 3.63) is 0 Å². The minimum absolute atomic E-state index is 0.149. The number of carbonyl (C=O) groups is 1. The molecule has 0 spiro atoms. The third kappa shape index (κ3) is 8.39. The van der Waals surface area contributed by atoms with E-state index < -0.39 is 0 Å². The van der Waals surface area contributed by atoms with Gasteiger partial charge in [-0.05, 0) is 32.5 Å². The number of carbonyl (C=O) groups excluding carboxylic acids is 1. The van der Waals surface area contributed by atoms with Gasteiger partial charge in [0.1, 0.15) is 0 Å². The van der Waals surface area contributed by atoms with Crippen molar-refractivity contribution in [1.82, 2.24) is 10.2 Å². The Balaban J connectivity index is 3.37. The summed E-state index contributed by atoms with van der Waals surface area (Å²) in [6.07, 6.45) is 2.44. The highest BCUT2D eigenvalue weighted by Crippen LogP contribution is 1.92. The number of amides is 1. The van der Waals surface area contributed by atoms with Crippen LogP contribution in [0.1, 0.15) is 33.1 Å². The van der Waals surface area contributed by atoms with Gasteiger partial charge in [0.05, 0.1) is 0 Å². The van der Waals surface area contributed by atoms with Crippen LogP contribution in [0, 0.1) is 0 Å². The van der Waals surface area contributed by atoms with Gasteiger partial charge in [-0.15, -0.1) is 0 Å². The van der Waals surface area contributed by atoms with Crippen LogP contribution in [0.25, 0.3) is 0 Å². The fourth-order valence-corrected chi connectivity index (χ4v) is 1.41. The maximum Gasteiger partial charge on any atom is 0.220 e. The van der Waals surface area contributed by atoms with Crippen LogP contribution in [0.15, 0.2) is 0 Å². The molecule has 0 aromatic rings. The molecule has 0 atom stereocenters. The number of likely N-dealkylation sites (N-methyl/N-ethyl adjacent to an activating group) is 1. The van der Waals surface area contributed by atoms with Gasteiger partial charge >= 0.3 is 0 Å². The smallest absolute Gasteiger partial charge is 0.220 e. The molecule has 0 unspecified atom stereocenters. The molecular weight excluding hydrogens is 190 g/mol. The molecule has 0 bridgehead atoms. The van der Waals surface area contributed by atoms with E-state index in [0.29, 0.717) is 13.0 Å². The lowest BCUT2D eigenvalue weighted by molar-refractivity contribution is -0.121. The monoisotopic (exact) mass is 215 g/mol. The lowest BCUT2D eigenvalue weighted by Gasteiger charge is -2.17. The molecule has 0 aromatic heterocycles. The maximum atomic E-state index is 11.3. The van der Waals surface area contributed by atoms with E-state index in [1.165, 1.54) is 0 Å². The minimum atomic E-state index is 0.149. The molecule has 0 aliphatic heterocycles. The molecule has 0 rings (SSSR count). The molecule has 3 N–H and O–H groups in total. The van der Waals surface area contributed by atoms with Crippen LogP contribution in [0.2, 0.25) is 0 Å². The van der Waals surface area contributed by atoms with Gasteiger partial charge in [0.15, 0.2) is 0 Å². The largest absolute Gasteiger partial charge is 0.355 e. The average Bonchev–Trinajstić information content (AvgIpc) is 2.25. The van der Waals surface area contributed by atoms with Crippen molar-refractivity contribution in [1.29, 1.82) is 0 Å². The van der Waals surface area contributed by atoms with Gasteiger partial charge in [0.2, 0.25) is 5.91 Å². The van der Waals surface area contributed by atoms with Gasteiger partial charge in [-0.2, -0.15) is 0 Å². The van der Waals surface area contributed by atoms with E-state index in [4.69, 9.17) is 5.73 Å². The van der Waals surface area contributed by atoms with Crippen molar-refractivity contribution in [2.75, 3.05) is 32.7 Å². The second kappa shape index (κ2) is 9.93. The number of hydrogen-bond donors (Lipinski definition) is 2. The second-order valence-electron chi connectivity index (χ2n) is 3.62. The number of nitrogens with zero attached hydrogens (tertiary/aromatic N) is 1. The van der Waals surface area contributed by atoms with E-state index in [0.717, 1.165) is 39.0 Å². The van der Waals surface area contributed by atoms with Gasteiger partial charge in [-0.25, -0.2) is 0 Å². The van der Waals surface area contributed by atoms with Crippen LogP contribution >= 0.6 is 0 Å². The Kier molecular flexibility index (Phi) is 9.52. The molecule has 0 radical (unpaired) electrons. The molecule has 0 heterocycles. The van der Waals surface area contributed by atoms with Crippen LogP contribution in [0.3, 0.4) is 0 Å².